The zero-order valence-electron chi connectivity index (χ0n) is 20.9. The highest BCUT2D eigenvalue weighted by molar-refractivity contribution is 5.89. The molecular weight excluding hydrogens is 455 g/mol. The molecule has 0 aliphatic heterocycles. The summed E-state index contributed by atoms with van der Waals surface area (Å²) in [4.78, 5) is 11.4. The lowest BCUT2D eigenvalue weighted by molar-refractivity contribution is -0.155. The first kappa shape index (κ1) is 25.8. The molecule has 0 amide bonds. The number of carboxylic acids is 1. The van der Waals surface area contributed by atoms with Crippen molar-refractivity contribution in [3.8, 4) is 5.75 Å². The Kier molecular flexibility index (Phi) is 7.11. The van der Waals surface area contributed by atoms with Gasteiger partial charge in [0.25, 0.3) is 0 Å². The van der Waals surface area contributed by atoms with Gasteiger partial charge in [0, 0.05) is 12.1 Å². The highest BCUT2D eigenvalue weighted by atomic mass is 19.4. The van der Waals surface area contributed by atoms with Crippen LogP contribution in [0, 0.1) is 17.3 Å². The molecule has 2 aliphatic carbocycles. The van der Waals surface area contributed by atoms with E-state index in [-0.39, 0.29) is 29.3 Å². The third-order valence-corrected chi connectivity index (χ3v) is 8.47. The molecule has 0 spiro atoms. The van der Waals surface area contributed by atoms with E-state index in [9.17, 15) is 23.1 Å². The van der Waals surface area contributed by atoms with E-state index in [4.69, 9.17) is 4.74 Å². The fourth-order valence-corrected chi connectivity index (χ4v) is 5.84. The number of hydrogen-bond donors (Lipinski definition) is 2. The van der Waals surface area contributed by atoms with Crippen molar-refractivity contribution in [2.24, 2.45) is 17.3 Å². The Bertz CT molecular complexity index is 1070. The number of halogens is 3. The molecule has 2 aromatic carbocycles. The Hall–Kier alpha value is -2.28. The van der Waals surface area contributed by atoms with Gasteiger partial charge in [0.1, 0.15) is 11.3 Å². The minimum absolute atomic E-state index is 0.0238. The van der Waals surface area contributed by atoms with Crippen molar-refractivity contribution in [2.75, 3.05) is 0 Å². The van der Waals surface area contributed by atoms with Crippen molar-refractivity contribution >= 4 is 16.7 Å². The van der Waals surface area contributed by atoms with E-state index in [1.807, 2.05) is 26.8 Å². The Morgan fingerprint density at radius 2 is 1.83 bits per heavy atom. The Balaban J connectivity index is 1.60. The largest absolute Gasteiger partial charge is 0.490 e. The summed E-state index contributed by atoms with van der Waals surface area (Å²) in [5.74, 6) is -0.687. The molecule has 4 nitrogen and oxygen atoms in total. The van der Waals surface area contributed by atoms with Crippen molar-refractivity contribution in [3.05, 3.63) is 41.5 Å². The summed E-state index contributed by atoms with van der Waals surface area (Å²) in [6.07, 6.45) is 0.408. The van der Waals surface area contributed by atoms with Gasteiger partial charge in [-0.15, -0.1) is 0 Å². The SMILES string of the molecule is CC[C@H]1CC[C@@H](Oc2ccc3ccc([C@@H](C)N[C@H]4C[C@H](C(=O)O)C4(C)C)cc3c2C(F)(F)F)CC1. The second-order valence-corrected chi connectivity index (χ2v) is 11.0. The van der Waals surface area contributed by atoms with Gasteiger partial charge in [-0.2, -0.15) is 13.2 Å². The van der Waals surface area contributed by atoms with Crippen molar-refractivity contribution in [1.29, 1.82) is 0 Å². The van der Waals surface area contributed by atoms with Crippen LogP contribution in [0.1, 0.15) is 83.4 Å². The van der Waals surface area contributed by atoms with Gasteiger partial charge in [-0.25, -0.2) is 0 Å². The maximum absolute atomic E-state index is 14.3. The van der Waals surface area contributed by atoms with Gasteiger partial charge in [0.15, 0.2) is 0 Å². The summed E-state index contributed by atoms with van der Waals surface area (Å²) in [6, 6.07) is 8.08. The molecule has 0 heterocycles. The van der Waals surface area contributed by atoms with E-state index >= 15 is 0 Å². The van der Waals surface area contributed by atoms with Crippen molar-refractivity contribution in [1.82, 2.24) is 5.32 Å². The highest BCUT2D eigenvalue weighted by Crippen LogP contribution is 2.47. The molecule has 3 atom stereocenters. The maximum Gasteiger partial charge on any atom is 0.420 e. The molecule has 7 heteroatoms. The first-order valence-electron chi connectivity index (χ1n) is 12.7. The summed E-state index contributed by atoms with van der Waals surface area (Å²) in [7, 11) is 0. The molecule has 0 saturated heterocycles. The van der Waals surface area contributed by atoms with Crippen LogP contribution in [0.5, 0.6) is 5.75 Å². The smallest absolute Gasteiger partial charge is 0.420 e. The number of fused-ring (bicyclic) bond motifs is 1. The molecule has 0 radical (unpaired) electrons. The quantitative estimate of drug-likeness (QED) is 0.425. The summed E-state index contributed by atoms with van der Waals surface area (Å²) in [6.45, 7) is 7.89. The molecule has 0 bridgehead atoms. The highest BCUT2D eigenvalue weighted by Gasteiger charge is 2.52. The molecule has 35 heavy (non-hydrogen) atoms. The Morgan fingerprint density at radius 1 is 1.17 bits per heavy atom. The lowest BCUT2D eigenvalue weighted by Gasteiger charge is -2.51. The molecule has 0 aromatic heterocycles. The van der Waals surface area contributed by atoms with Gasteiger partial charge in [0.2, 0.25) is 0 Å². The molecule has 2 aromatic rings. The lowest BCUT2D eigenvalue weighted by atomic mass is 9.58. The van der Waals surface area contributed by atoms with Crippen LogP contribution in [-0.4, -0.2) is 23.2 Å². The monoisotopic (exact) mass is 491 g/mol. The second kappa shape index (κ2) is 9.64. The van der Waals surface area contributed by atoms with Crippen LogP contribution in [0.2, 0.25) is 0 Å². The van der Waals surface area contributed by atoms with Crippen LogP contribution < -0.4 is 10.1 Å². The van der Waals surface area contributed by atoms with E-state index in [0.717, 1.165) is 37.7 Å². The van der Waals surface area contributed by atoms with Crippen LogP contribution in [0.15, 0.2) is 30.3 Å². The number of alkyl halides is 3. The van der Waals surface area contributed by atoms with Crippen LogP contribution in [-0.2, 0) is 11.0 Å². The number of hydrogen-bond acceptors (Lipinski definition) is 3. The number of benzene rings is 2. The number of carbonyl (C=O) groups is 1. The normalized spacial score (nSPS) is 27.3. The third-order valence-electron chi connectivity index (χ3n) is 8.47. The predicted octanol–water partition coefficient (Wildman–Crippen LogP) is 7.36. The molecule has 2 N–H and O–H groups in total. The average Bonchev–Trinajstić information content (AvgIpc) is 2.80. The van der Waals surface area contributed by atoms with Gasteiger partial charge < -0.3 is 15.2 Å². The van der Waals surface area contributed by atoms with Gasteiger partial charge in [0.05, 0.1) is 12.0 Å². The zero-order valence-corrected chi connectivity index (χ0v) is 20.9. The van der Waals surface area contributed by atoms with Gasteiger partial charge in [-0.3, -0.25) is 4.79 Å². The van der Waals surface area contributed by atoms with Crippen LogP contribution in [0.3, 0.4) is 0 Å². The van der Waals surface area contributed by atoms with Crippen molar-refractivity contribution < 1.29 is 27.8 Å². The van der Waals surface area contributed by atoms with Crippen LogP contribution in [0.4, 0.5) is 13.2 Å². The minimum atomic E-state index is -4.55. The Labute approximate surface area is 205 Å². The number of carboxylic acid groups (broad SMARTS) is 1. The summed E-state index contributed by atoms with van der Waals surface area (Å²) >= 11 is 0. The van der Waals surface area contributed by atoms with E-state index < -0.39 is 29.0 Å². The lowest BCUT2D eigenvalue weighted by Crippen LogP contribution is -2.59. The van der Waals surface area contributed by atoms with E-state index in [2.05, 4.69) is 12.2 Å². The molecule has 4 rings (SSSR count). The molecule has 192 valence electrons. The Morgan fingerprint density at radius 3 is 2.40 bits per heavy atom. The summed E-state index contributed by atoms with van der Waals surface area (Å²) < 4.78 is 49.0. The minimum Gasteiger partial charge on any atom is -0.490 e. The van der Waals surface area contributed by atoms with Gasteiger partial charge in [-0.05, 0) is 78.8 Å². The van der Waals surface area contributed by atoms with E-state index in [1.54, 1.807) is 18.2 Å². The fourth-order valence-electron chi connectivity index (χ4n) is 5.84. The van der Waals surface area contributed by atoms with Gasteiger partial charge in [-0.1, -0.05) is 45.4 Å². The van der Waals surface area contributed by atoms with Crippen LogP contribution in [0.25, 0.3) is 10.8 Å². The standard InChI is InChI=1S/C28H36F3NO3/c1-5-17-6-11-20(12-7-17)35-23-13-10-18-8-9-19(14-21(18)25(23)28(29,30)31)16(2)32-24-15-22(26(33)34)27(24,3)4/h8-10,13-14,16-17,20,22,24,32H,5-7,11-12,15H2,1-4H3,(H,33,34)/t16-,17-,20+,22-,24+/m1/s1. The third kappa shape index (κ3) is 5.16. The molecule has 2 fully saturated rings. The van der Waals surface area contributed by atoms with E-state index in [0.29, 0.717) is 17.7 Å². The number of nitrogens with one attached hydrogen (secondary N) is 1. The average molecular weight is 492 g/mol. The summed E-state index contributed by atoms with van der Waals surface area (Å²) in [5.41, 5.74) is -0.402. The first-order chi connectivity index (χ1) is 16.4. The predicted molar refractivity (Wildman–Crippen MR) is 130 cm³/mol. The second-order valence-electron chi connectivity index (χ2n) is 11.0. The topological polar surface area (TPSA) is 58.6 Å². The summed E-state index contributed by atoms with van der Waals surface area (Å²) in [5, 5.41) is 13.5. The maximum atomic E-state index is 14.3. The molecule has 2 saturated carbocycles. The molecule has 0 unspecified atom stereocenters. The van der Waals surface area contributed by atoms with Crippen molar-refractivity contribution in [3.63, 3.8) is 0 Å². The number of ether oxygens (including phenoxy) is 1. The van der Waals surface area contributed by atoms with Crippen molar-refractivity contribution in [2.45, 2.75) is 90.6 Å². The number of rotatable bonds is 7. The molecular formula is C28H36F3NO3. The van der Waals surface area contributed by atoms with Crippen LogP contribution >= 0.6 is 0 Å². The molecule has 2 aliphatic rings. The fraction of sp³-hybridized carbons (Fsp3) is 0.607. The zero-order chi connectivity index (χ0) is 25.5. The number of aliphatic carboxylic acids is 1. The first-order valence-corrected chi connectivity index (χ1v) is 12.7. The van der Waals surface area contributed by atoms with Gasteiger partial charge >= 0.3 is 12.1 Å². The van der Waals surface area contributed by atoms with E-state index in [1.165, 1.54) is 6.07 Å².